The first-order valence-corrected chi connectivity index (χ1v) is 17.5. The molecular weight excluding hydrogens is 728 g/mol. The van der Waals surface area contributed by atoms with Gasteiger partial charge < -0.3 is 19.3 Å². The molecule has 0 unspecified atom stereocenters. The number of rotatable bonds is 1. The van der Waals surface area contributed by atoms with Gasteiger partial charge in [-0.05, 0) is 88.1 Å². The normalized spacial score (nSPS) is 30.0. The van der Waals surface area contributed by atoms with Gasteiger partial charge in [0.25, 0.3) is 0 Å². The molecule has 8 rings (SSSR count). The molecule has 6 heterocycles. The lowest BCUT2D eigenvalue weighted by Crippen LogP contribution is -2.75. The maximum atomic E-state index is 12.9. The van der Waals surface area contributed by atoms with Gasteiger partial charge in [-0.3, -0.25) is 45.2 Å². The zero-order valence-corrected chi connectivity index (χ0v) is 29.9. The van der Waals surface area contributed by atoms with Gasteiger partial charge in [-0.25, -0.2) is 9.59 Å². The van der Waals surface area contributed by atoms with Crippen LogP contribution in [0.4, 0.5) is 21.0 Å². The Morgan fingerprint density at radius 1 is 0.667 bits per heavy atom. The molecular formula is C35H37BrN6O9. The monoisotopic (exact) mass is 764 g/mol. The number of barbiturate groups is 2. The fourth-order valence-corrected chi connectivity index (χ4v) is 9.37. The molecule has 6 aliphatic heterocycles. The minimum absolute atomic E-state index is 0.0331. The van der Waals surface area contributed by atoms with Crippen molar-refractivity contribution in [2.24, 2.45) is 10.8 Å². The molecule has 8 amide bonds. The van der Waals surface area contributed by atoms with Crippen molar-refractivity contribution in [3.8, 4) is 0 Å². The second-order valence-corrected chi connectivity index (χ2v) is 15.0. The number of morpholine rings is 2. The van der Waals surface area contributed by atoms with Crippen LogP contribution in [0.5, 0.6) is 0 Å². The fraction of sp³-hybridized carbons (Fsp3) is 0.457. The number of hydrogen-bond donors (Lipinski definition) is 4. The van der Waals surface area contributed by atoms with E-state index in [1.54, 1.807) is 12.1 Å². The number of nitrogens with zero attached hydrogens (tertiary/aromatic N) is 2. The van der Waals surface area contributed by atoms with Crippen LogP contribution < -0.4 is 31.1 Å². The summed E-state index contributed by atoms with van der Waals surface area (Å²) in [5.74, 6) is -2.39. The largest absolute Gasteiger partial charge is 0.372 e. The first kappa shape index (κ1) is 34.8. The van der Waals surface area contributed by atoms with Gasteiger partial charge in [0.05, 0.1) is 36.5 Å². The highest BCUT2D eigenvalue weighted by Crippen LogP contribution is 2.48. The molecule has 4 saturated heterocycles. The second kappa shape index (κ2) is 12.5. The molecule has 2 aromatic rings. The average molecular weight is 766 g/mol. The summed E-state index contributed by atoms with van der Waals surface area (Å²) >= 11 is 3.46. The summed E-state index contributed by atoms with van der Waals surface area (Å²) in [6.45, 7) is 8.67. The minimum atomic E-state index is -1.50. The smallest absolute Gasteiger partial charge is 0.328 e. The third kappa shape index (κ3) is 5.42. The van der Waals surface area contributed by atoms with Crippen LogP contribution in [0.2, 0.25) is 0 Å². The van der Waals surface area contributed by atoms with E-state index in [0.717, 1.165) is 33.3 Å². The number of aldehydes is 1. The number of nitrogens with one attached hydrogen (secondary N) is 4. The van der Waals surface area contributed by atoms with E-state index >= 15 is 0 Å². The van der Waals surface area contributed by atoms with Crippen LogP contribution in [-0.4, -0.2) is 91.6 Å². The fourth-order valence-electron chi connectivity index (χ4n) is 8.96. The van der Waals surface area contributed by atoms with E-state index in [0.29, 0.717) is 18.7 Å². The van der Waals surface area contributed by atoms with Crippen molar-refractivity contribution < 1.29 is 43.0 Å². The number of benzene rings is 2. The number of carbonyl (C=O) groups excluding carboxylic acids is 7. The van der Waals surface area contributed by atoms with E-state index in [4.69, 9.17) is 9.47 Å². The quantitative estimate of drug-likeness (QED) is 0.244. The number of ether oxygens (including phenoxy) is 2. The van der Waals surface area contributed by atoms with Crippen LogP contribution in [0.3, 0.4) is 0 Å². The number of fused-ring (bicyclic) bond motifs is 8. The topological polar surface area (TPSA) is 193 Å². The summed E-state index contributed by atoms with van der Waals surface area (Å²) in [4.78, 5) is 90.0. The second-order valence-electron chi connectivity index (χ2n) is 14.0. The van der Waals surface area contributed by atoms with Crippen LogP contribution in [-0.2, 0) is 41.5 Å². The van der Waals surface area contributed by atoms with Gasteiger partial charge in [-0.1, -0.05) is 15.9 Å². The van der Waals surface area contributed by atoms with Crippen molar-refractivity contribution in [1.29, 1.82) is 0 Å². The molecule has 6 atom stereocenters. The third-order valence-corrected chi connectivity index (χ3v) is 11.2. The number of amides is 8. The van der Waals surface area contributed by atoms with Gasteiger partial charge >= 0.3 is 12.1 Å². The van der Waals surface area contributed by atoms with Crippen molar-refractivity contribution in [3.63, 3.8) is 0 Å². The number of urea groups is 2. The summed E-state index contributed by atoms with van der Waals surface area (Å²) < 4.78 is 12.8. The lowest BCUT2D eigenvalue weighted by Gasteiger charge is -2.55. The molecule has 16 heteroatoms. The van der Waals surface area contributed by atoms with Crippen molar-refractivity contribution in [1.82, 2.24) is 21.3 Å². The molecule has 2 spiro atoms. The Balaban J connectivity index is 0.000000159. The molecule has 0 radical (unpaired) electrons. The number of anilines is 2. The Morgan fingerprint density at radius 2 is 1.08 bits per heavy atom. The predicted octanol–water partition coefficient (Wildman–Crippen LogP) is 1.73. The molecule has 15 nitrogen and oxygen atoms in total. The Labute approximate surface area is 301 Å². The summed E-state index contributed by atoms with van der Waals surface area (Å²) in [6.07, 6.45) is 0.177. The summed E-state index contributed by atoms with van der Waals surface area (Å²) in [5, 5.41) is 9.02. The first-order chi connectivity index (χ1) is 24.2. The maximum absolute atomic E-state index is 12.9. The van der Waals surface area contributed by atoms with Gasteiger partial charge in [0.2, 0.25) is 23.6 Å². The highest BCUT2D eigenvalue weighted by Gasteiger charge is 2.64. The predicted molar refractivity (Wildman–Crippen MR) is 184 cm³/mol. The first-order valence-electron chi connectivity index (χ1n) is 16.7. The van der Waals surface area contributed by atoms with E-state index in [2.05, 4.69) is 42.1 Å². The van der Waals surface area contributed by atoms with E-state index in [1.807, 2.05) is 56.9 Å². The highest BCUT2D eigenvalue weighted by atomic mass is 79.9. The molecule has 0 saturated carbocycles. The number of halogens is 1. The molecule has 6 aliphatic rings. The van der Waals surface area contributed by atoms with Gasteiger partial charge in [-0.15, -0.1) is 0 Å². The van der Waals surface area contributed by atoms with Crippen LogP contribution in [0.15, 0.2) is 40.9 Å². The number of carbonyl (C=O) groups is 7. The average Bonchev–Trinajstić information content (AvgIpc) is 3.05. The van der Waals surface area contributed by atoms with Gasteiger partial charge in [0.15, 0.2) is 10.8 Å². The molecule has 0 aromatic heterocycles. The Hall–Kier alpha value is -4.67. The molecule has 4 fully saturated rings. The van der Waals surface area contributed by atoms with Crippen LogP contribution in [0, 0.1) is 10.8 Å². The minimum Gasteiger partial charge on any atom is -0.372 e. The number of hydrogen-bond acceptors (Lipinski definition) is 11. The molecule has 0 bridgehead atoms. The Morgan fingerprint density at radius 3 is 1.51 bits per heavy atom. The summed E-state index contributed by atoms with van der Waals surface area (Å²) in [7, 11) is 0. The maximum Gasteiger partial charge on any atom is 0.328 e. The molecule has 0 aliphatic carbocycles. The summed E-state index contributed by atoms with van der Waals surface area (Å²) in [6, 6.07) is 8.50. The summed E-state index contributed by atoms with van der Waals surface area (Å²) in [5.41, 5.74) is 1.07. The van der Waals surface area contributed by atoms with E-state index in [-0.39, 0.29) is 31.2 Å². The third-order valence-electron chi connectivity index (χ3n) is 10.7. The van der Waals surface area contributed by atoms with Gasteiger partial charge in [-0.2, -0.15) is 0 Å². The van der Waals surface area contributed by atoms with Gasteiger partial charge in [0, 0.05) is 34.5 Å². The zero-order chi connectivity index (χ0) is 36.6. The molecule has 2 aromatic carbocycles. The Kier molecular flexibility index (Phi) is 8.54. The Bertz CT molecular complexity index is 1860. The SMILES string of the molecule is C[C@@H]1CN2c3ccc(Br)cc3CC3(C(=O)NC(=O)NC3=O)[C@H]2[C@H](C)O1.C[C@@H]1CN2c3ccc(C=O)cc3CC3(C(=O)NC(=O)NC3=O)[C@H]2[C@H](C)O1. The lowest BCUT2D eigenvalue weighted by atomic mass is 9.66. The zero-order valence-electron chi connectivity index (χ0n) is 28.3. The van der Waals surface area contributed by atoms with Crippen LogP contribution >= 0.6 is 15.9 Å². The molecule has 4 N–H and O–H groups in total. The van der Waals surface area contributed by atoms with Crippen LogP contribution in [0.25, 0.3) is 0 Å². The standard InChI is InChI=1S/C18H19N3O5.C17H18BrN3O4/c1-9-7-21-13-4-3-11(8-22)5-12(13)6-18(14(21)10(2)26-9)15(23)19-17(25)20-16(18)24;1-8-7-21-12-4-3-11(18)5-10(12)6-17(13(21)9(2)25-8)14(22)19-16(24)20-15(17)23/h3-5,8-10,14H,6-7H2,1-2H3,(H2,19,20,23,24,25);3-5,8-9,13H,6-7H2,1-2H3,(H2,19,20,22,23,24)/t9-,10+,14-;8-,9+,13-/m11/s1. The van der Waals surface area contributed by atoms with E-state index < -0.39 is 64.7 Å². The lowest BCUT2D eigenvalue weighted by molar-refractivity contribution is -0.154. The van der Waals surface area contributed by atoms with Gasteiger partial charge in [0.1, 0.15) is 6.29 Å². The molecule has 51 heavy (non-hydrogen) atoms. The van der Waals surface area contributed by atoms with Crippen molar-refractivity contribution in [3.05, 3.63) is 57.6 Å². The number of imide groups is 4. The van der Waals surface area contributed by atoms with Crippen molar-refractivity contribution in [2.45, 2.75) is 77.0 Å². The highest BCUT2D eigenvalue weighted by molar-refractivity contribution is 9.10. The van der Waals surface area contributed by atoms with Crippen molar-refractivity contribution >= 4 is 69.3 Å². The van der Waals surface area contributed by atoms with E-state index in [9.17, 15) is 33.6 Å². The molecule has 268 valence electrons. The van der Waals surface area contributed by atoms with Crippen LogP contribution in [0.1, 0.15) is 49.2 Å². The van der Waals surface area contributed by atoms with Crippen molar-refractivity contribution in [2.75, 3.05) is 22.9 Å². The van der Waals surface area contributed by atoms with E-state index in [1.165, 1.54) is 0 Å².